The van der Waals surface area contributed by atoms with E-state index in [-0.39, 0.29) is 25.6 Å². The molecule has 2 heterocycles. The van der Waals surface area contributed by atoms with Gasteiger partial charge in [-0.2, -0.15) is 13.2 Å². The SMILES string of the molecule is CC(C)c1cc(CNC(=O)N2CCC(O)(C(F)(F)F)CC2)on1. The lowest BCUT2D eigenvalue weighted by Gasteiger charge is -2.38. The van der Waals surface area contributed by atoms with Gasteiger partial charge in [-0.05, 0) is 5.92 Å². The van der Waals surface area contributed by atoms with Crippen LogP contribution in [0.15, 0.2) is 10.6 Å². The van der Waals surface area contributed by atoms with Gasteiger partial charge < -0.3 is 19.8 Å². The van der Waals surface area contributed by atoms with Gasteiger partial charge in [-0.25, -0.2) is 4.79 Å². The van der Waals surface area contributed by atoms with Crippen LogP contribution in [0.5, 0.6) is 0 Å². The predicted octanol–water partition coefficient (Wildman–Crippen LogP) is 2.40. The number of carbonyl (C=O) groups is 1. The van der Waals surface area contributed by atoms with Gasteiger partial charge in [-0.15, -0.1) is 0 Å². The van der Waals surface area contributed by atoms with Crippen molar-refractivity contribution in [2.24, 2.45) is 0 Å². The minimum absolute atomic E-state index is 0.110. The quantitative estimate of drug-likeness (QED) is 0.889. The van der Waals surface area contributed by atoms with E-state index in [0.717, 1.165) is 5.69 Å². The third-order valence-electron chi connectivity index (χ3n) is 3.99. The number of aromatic nitrogens is 1. The number of nitrogens with zero attached hydrogens (tertiary/aromatic N) is 2. The van der Waals surface area contributed by atoms with E-state index in [2.05, 4.69) is 10.5 Å². The Morgan fingerprint density at radius 2 is 2.09 bits per heavy atom. The van der Waals surface area contributed by atoms with E-state index in [1.165, 1.54) is 4.90 Å². The van der Waals surface area contributed by atoms with Crippen LogP contribution in [-0.4, -0.2) is 46.1 Å². The van der Waals surface area contributed by atoms with Crippen LogP contribution in [-0.2, 0) is 6.54 Å². The molecule has 1 aromatic rings. The summed E-state index contributed by atoms with van der Waals surface area (Å²) >= 11 is 0. The molecule has 1 fully saturated rings. The number of halogens is 3. The van der Waals surface area contributed by atoms with Crippen molar-refractivity contribution in [2.45, 2.75) is 50.9 Å². The molecule has 0 atom stereocenters. The Hall–Kier alpha value is -1.77. The first-order chi connectivity index (χ1) is 10.6. The highest BCUT2D eigenvalue weighted by Crippen LogP contribution is 2.38. The molecular weight excluding hydrogens is 315 g/mol. The van der Waals surface area contributed by atoms with Gasteiger partial charge in [-0.3, -0.25) is 0 Å². The number of rotatable bonds is 3. The zero-order chi connectivity index (χ0) is 17.3. The van der Waals surface area contributed by atoms with Crippen molar-refractivity contribution in [1.29, 1.82) is 0 Å². The van der Waals surface area contributed by atoms with E-state index < -0.39 is 30.7 Å². The van der Waals surface area contributed by atoms with E-state index in [4.69, 9.17) is 4.52 Å². The van der Waals surface area contributed by atoms with Crippen LogP contribution in [0.25, 0.3) is 0 Å². The molecule has 0 spiro atoms. The first-order valence-corrected chi connectivity index (χ1v) is 7.40. The van der Waals surface area contributed by atoms with Crippen molar-refractivity contribution in [3.05, 3.63) is 17.5 Å². The summed E-state index contributed by atoms with van der Waals surface area (Å²) in [6, 6.07) is 1.24. The third kappa shape index (κ3) is 3.95. The van der Waals surface area contributed by atoms with Crippen molar-refractivity contribution in [3.63, 3.8) is 0 Å². The molecule has 1 aromatic heterocycles. The molecule has 1 aliphatic rings. The number of likely N-dealkylation sites (tertiary alicyclic amines) is 1. The standard InChI is InChI=1S/C14H20F3N3O3/c1-9(2)11-7-10(23-19-11)8-18-12(21)20-5-3-13(22,4-6-20)14(15,16)17/h7,9,22H,3-6,8H2,1-2H3,(H,18,21). The lowest BCUT2D eigenvalue weighted by molar-refractivity contribution is -0.271. The molecule has 0 unspecified atom stereocenters. The van der Waals surface area contributed by atoms with Gasteiger partial charge in [0.15, 0.2) is 11.4 Å². The van der Waals surface area contributed by atoms with Gasteiger partial charge in [0, 0.05) is 32.0 Å². The summed E-state index contributed by atoms with van der Waals surface area (Å²) in [6.07, 6.45) is -5.73. The molecule has 1 saturated heterocycles. The molecule has 2 rings (SSSR count). The number of alkyl halides is 3. The van der Waals surface area contributed by atoms with E-state index in [1.54, 1.807) is 6.07 Å². The van der Waals surface area contributed by atoms with Crippen LogP contribution in [0.4, 0.5) is 18.0 Å². The van der Waals surface area contributed by atoms with Crippen LogP contribution in [0.2, 0.25) is 0 Å². The van der Waals surface area contributed by atoms with Gasteiger partial charge in [-0.1, -0.05) is 19.0 Å². The van der Waals surface area contributed by atoms with Crippen LogP contribution in [0.3, 0.4) is 0 Å². The first-order valence-electron chi connectivity index (χ1n) is 7.40. The maximum Gasteiger partial charge on any atom is 0.417 e. The highest BCUT2D eigenvalue weighted by Gasteiger charge is 2.54. The number of nitrogens with one attached hydrogen (secondary N) is 1. The maximum absolute atomic E-state index is 12.7. The van der Waals surface area contributed by atoms with Crippen molar-refractivity contribution in [2.75, 3.05) is 13.1 Å². The number of hydrogen-bond acceptors (Lipinski definition) is 4. The summed E-state index contributed by atoms with van der Waals surface area (Å²) in [4.78, 5) is 13.2. The Balaban J connectivity index is 1.83. The fraction of sp³-hybridized carbons (Fsp3) is 0.714. The highest BCUT2D eigenvalue weighted by molar-refractivity contribution is 5.74. The van der Waals surface area contributed by atoms with Gasteiger partial charge in [0.1, 0.15) is 0 Å². The molecule has 23 heavy (non-hydrogen) atoms. The largest absolute Gasteiger partial charge is 0.417 e. The topological polar surface area (TPSA) is 78.6 Å². The number of amides is 2. The summed E-state index contributed by atoms with van der Waals surface area (Å²) in [6.45, 7) is 3.70. The van der Waals surface area contributed by atoms with Gasteiger partial charge in [0.05, 0.1) is 12.2 Å². The summed E-state index contributed by atoms with van der Waals surface area (Å²) in [5.74, 6) is 0.677. The minimum atomic E-state index is -4.68. The molecule has 0 aromatic carbocycles. The fourth-order valence-electron chi connectivity index (χ4n) is 2.32. The van der Waals surface area contributed by atoms with Crippen molar-refractivity contribution in [1.82, 2.24) is 15.4 Å². The van der Waals surface area contributed by atoms with E-state index in [1.807, 2.05) is 13.8 Å². The number of piperidine rings is 1. The van der Waals surface area contributed by atoms with Crippen molar-refractivity contribution in [3.8, 4) is 0 Å². The first kappa shape index (κ1) is 17.6. The maximum atomic E-state index is 12.7. The molecule has 0 bridgehead atoms. The van der Waals surface area contributed by atoms with Crippen LogP contribution in [0.1, 0.15) is 44.1 Å². The fourth-order valence-corrected chi connectivity index (χ4v) is 2.32. The second kappa shape index (κ2) is 6.38. The van der Waals surface area contributed by atoms with E-state index >= 15 is 0 Å². The summed E-state index contributed by atoms with van der Waals surface area (Å²) in [7, 11) is 0. The third-order valence-corrected chi connectivity index (χ3v) is 3.99. The second-order valence-electron chi connectivity index (χ2n) is 6.05. The Morgan fingerprint density at radius 1 is 1.48 bits per heavy atom. The molecule has 130 valence electrons. The average molecular weight is 335 g/mol. The molecule has 0 aliphatic carbocycles. The second-order valence-corrected chi connectivity index (χ2v) is 6.05. The van der Waals surface area contributed by atoms with Crippen molar-refractivity contribution < 1.29 is 27.6 Å². The highest BCUT2D eigenvalue weighted by atomic mass is 19.4. The number of aliphatic hydroxyl groups is 1. The Labute approximate surface area is 131 Å². The van der Waals surface area contributed by atoms with E-state index in [9.17, 15) is 23.1 Å². The minimum Gasteiger partial charge on any atom is -0.380 e. The molecule has 2 N–H and O–H groups in total. The molecule has 2 amide bonds. The number of carbonyl (C=O) groups excluding carboxylic acids is 1. The molecule has 0 radical (unpaired) electrons. The monoisotopic (exact) mass is 335 g/mol. The van der Waals surface area contributed by atoms with Crippen LogP contribution < -0.4 is 5.32 Å². The summed E-state index contributed by atoms with van der Waals surface area (Å²) in [5, 5.41) is 16.0. The zero-order valence-electron chi connectivity index (χ0n) is 13.0. The predicted molar refractivity (Wildman–Crippen MR) is 74.6 cm³/mol. The van der Waals surface area contributed by atoms with Crippen LogP contribution in [0, 0.1) is 0 Å². The number of hydrogen-bond donors (Lipinski definition) is 2. The molecule has 1 aliphatic heterocycles. The molecular formula is C14H20F3N3O3. The number of urea groups is 1. The smallest absolute Gasteiger partial charge is 0.380 e. The molecule has 0 saturated carbocycles. The van der Waals surface area contributed by atoms with E-state index in [0.29, 0.717) is 5.76 Å². The molecule has 6 nitrogen and oxygen atoms in total. The lowest BCUT2D eigenvalue weighted by atomic mass is 9.91. The normalized spacial score (nSPS) is 18.3. The Bertz CT molecular complexity index is 549. The molecule has 9 heteroatoms. The Kier molecular flexibility index (Phi) is 4.88. The van der Waals surface area contributed by atoms with Crippen molar-refractivity contribution >= 4 is 6.03 Å². The Morgan fingerprint density at radius 3 is 2.57 bits per heavy atom. The van der Waals surface area contributed by atoms with Gasteiger partial charge in [0.2, 0.25) is 0 Å². The summed E-state index contributed by atoms with van der Waals surface area (Å²) < 4.78 is 43.2. The van der Waals surface area contributed by atoms with Gasteiger partial charge in [0.25, 0.3) is 0 Å². The average Bonchev–Trinajstić information content (AvgIpc) is 2.93. The van der Waals surface area contributed by atoms with Gasteiger partial charge >= 0.3 is 12.2 Å². The zero-order valence-corrected chi connectivity index (χ0v) is 13.0. The summed E-state index contributed by atoms with van der Waals surface area (Å²) in [5.41, 5.74) is -1.94. The lowest BCUT2D eigenvalue weighted by Crippen LogP contribution is -2.55. The van der Waals surface area contributed by atoms with Crippen LogP contribution >= 0.6 is 0 Å².